The predicted octanol–water partition coefficient (Wildman–Crippen LogP) is 6.98. The molecule has 0 bridgehead atoms. The number of alkyl halides is 6. The molecule has 31 heavy (non-hydrogen) atoms. The van der Waals surface area contributed by atoms with Crippen LogP contribution in [0.15, 0.2) is 42.5 Å². The van der Waals surface area contributed by atoms with Crippen LogP contribution in [0.1, 0.15) is 29.5 Å². The van der Waals surface area contributed by atoms with Gasteiger partial charge in [0.25, 0.3) is 0 Å². The molecule has 2 heterocycles. The van der Waals surface area contributed by atoms with Gasteiger partial charge in [-0.15, -0.1) is 0 Å². The van der Waals surface area contributed by atoms with Gasteiger partial charge in [0, 0.05) is 22.7 Å². The summed E-state index contributed by atoms with van der Waals surface area (Å²) >= 11 is 5.80. The molecule has 0 saturated heterocycles. The molecule has 3 nitrogen and oxygen atoms in total. The summed E-state index contributed by atoms with van der Waals surface area (Å²) in [6.45, 7) is 0.542. The molecule has 1 aliphatic heterocycles. The van der Waals surface area contributed by atoms with Crippen molar-refractivity contribution in [3.63, 3.8) is 0 Å². The van der Waals surface area contributed by atoms with Gasteiger partial charge in [0.2, 0.25) is 0 Å². The van der Waals surface area contributed by atoms with Gasteiger partial charge in [-0.05, 0) is 49.6 Å². The van der Waals surface area contributed by atoms with E-state index in [1.165, 1.54) is 28.9 Å². The first-order chi connectivity index (χ1) is 14.6. The normalized spacial score (nSPS) is 14.7. The lowest BCUT2D eigenvalue weighted by Crippen LogP contribution is -2.14. The third kappa shape index (κ3) is 4.23. The van der Waals surface area contributed by atoms with Crippen molar-refractivity contribution < 1.29 is 26.3 Å². The number of nitrogens with zero attached hydrogens (tertiary/aromatic N) is 2. The van der Waals surface area contributed by atoms with Crippen LogP contribution in [0.25, 0.3) is 16.9 Å². The molecule has 3 aromatic rings. The number of hydrogen-bond acceptors (Lipinski definition) is 2. The Balaban J connectivity index is 1.90. The van der Waals surface area contributed by atoms with Gasteiger partial charge >= 0.3 is 12.4 Å². The van der Waals surface area contributed by atoms with Gasteiger partial charge in [0.05, 0.1) is 22.5 Å². The zero-order valence-electron chi connectivity index (χ0n) is 15.9. The average molecular weight is 460 g/mol. The molecule has 0 fully saturated rings. The first-order valence-corrected chi connectivity index (χ1v) is 9.84. The van der Waals surface area contributed by atoms with Gasteiger partial charge in [0.1, 0.15) is 5.82 Å². The molecule has 0 amide bonds. The van der Waals surface area contributed by atoms with Crippen molar-refractivity contribution in [1.82, 2.24) is 9.78 Å². The van der Waals surface area contributed by atoms with E-state index in [2.05, 4.69) is 10.4 Å². The van der Waals surface area contributed by atoms with Crippen molar-refractivity contribution in [1.29, 1.82) is 0 Å². The molecule has 1 N–H and O–H groups in total. The zero-order valence-corrected chi connectivity index (χ0v) is 16.7. The summed E-state index contributed by atoms with van der Waals surface area (Å²) in [6, 6.07) is 7.86. The highest BCUT2D eigenvalue weighted by atomic mass is 35.5. The van der Waals surface area contributed by atoms with Crippen LogP contribution in [0.5, 0.6) is 0 Å². The molecular formula is C21H16ClF6N3. The predicted molar refractivity (Wildman–Crippen MR) is 105 cm³/mol. The zero-order chi connectivity index (χ0) is 22.4. The van der Waals surface area contributed by atoms with Crippen molar-refractivity contribution in [2.45, 2.75) is 31.6 Å². The van der Waals surface area contributed by atoms with Gasteiger partial charge in [0.15, 0.2) is 0 Å². The fourth-order valence-corrected chi connectivity index (χ4v) is 3.82. The third-order valence-electron chi connectivity index (χ3n) is 5.11. The van der Waals surface area contributed by atoms with E-state index in [-0.39, 0.29) is 10.7 Å². The summed E-state index contributed by atoms with van der Waals surface area (Å²) in [5, 5.41) is 7.47. The van der Waals surface area contributed by atoms with Crippen LogP contribution < -0.4 is 5.32 Å². The molecule has 0 unspecified atom stereocenters. The fraction of sp³-hybridized carbons (Fsp3) is 0.286. The van der Waals surface area contributed by atoms with E-state index in [1.807, 2.05) is 0 Å². The Hall–Kier alpha value is -2.68. The lowest BCUT2D eigenvalue weighted by Gasteiger charge is -2.16. The van der Waals surface area contributed by atoms with Crippen molar-refractivity contribution in [2.75, 3.05) is 11.9 Å². The monoisotopic (exact) mass is 459 g/mol. The summed E-state index contributed by atoms with van der Waals surface area (Å²) in [6.07, 6.45) is -7.05. The molecule has 1 aromatic heterocycles. The Morgan fingerprint density at radius 1 is 0.903 bits per heavy atom. The Bertz CT molecular complexity index is 1100. The highest BCUT2D eigenvalue weighted by Crippen LogP contribution is 2.40. The highest BCUT2D eigenvalue weighted by molar-refractivity contribution is 6.30. The van der Waals surface area contributed by atoms with E-state index in [4.69, 9.17) is 11.6 Å². The SMILES string of the molecule is FC(F)(F)c1ccc(-c2nn(-c3ccc(Cl)cc3C(F)(F)F)c3c2CCCCN3)cc1. The second-order valence-corrected chi connectivity index (χ2v) is 7.64. The standard InChI is InChI=1S/C21H16ClF6N3/c22-14-8-9-17(16(11-14)21(26,27)28)31-19-15(3-1-2-10-29-19)18(30-31)12-4-6-13(7-5-12)20(23,24)25/h4-9,11,29H,1-3,10H2. The summed E-state index contributed by atoms with van der Waals surface area (Å²) < 4.78 is 81.0. The highest BCUT2D eigenvalue weighted by Gasteiger charge is 2.36. The third-order valence-corrected chi connectivity index (χ3v) is 5.34. The first-order valence-electron chi connectivity index (χ1n) is 9.46. The number of fused-ring (bicyclic) bond motifs is 1. The quantitative estimate of drug-likeness (QED) is 0.419. The van der Waals surface area contributed by atoms with Crippen molar-refractivity contribution >= 4 is 17.4 Å². The van der Waals surface area contributed by atoms with E-state index < -0.39 is 23.5 Å². The molecule has 4 rings (SSSR count). The largest absolute Gasteiger partial charge is 0.418 e. The lowest BCUT2D eigenvalue weighted by molar-refractivity contribution is -0.138. The molecule has 164 valence electrons. The Labute approximate surface area is 178 Å². The van der Waals surface area contributed by atoms with Gasteiger partial charge in [-0.1, -0.05) is 23.7 Å². The molecule has 0 aliphatic carbocycles. The second-order valence-electron chi connectivity index (χ2n) is 7.21. The maximum atomic E-state index is 13.7. The van der Waals surface area contributed by atoms with Crippen LogP contribution in [0.2, 0.25) is 5.02 Å². The minimum absolute atomic E-state index is 0.0646. The van der Waals surface area contributed by atoms with Crippen LogP contribution in [0, 0.1) is 0 Å². The van der Waals surface area contributed by atoms with E-state index in [1.54, 1.807) is 0 Å². The molecule has 10 heteroatoms. The molecule has 0 atom stereocenters. The molecule has 1 aliphatic rings. The number of rotatable bonds is 2. The maximum Gasteiger partial charge on any atom is 0.418 e. The van der Waals surface area contributed by atoms with Crippen molar-refractivity contribution in [3.05, 3.63) is 64.2 Å². The minimum atomic E-state index is -4.67. The van der Waals surface area contributed by atoms with Crippen LogP contribution >= 0.6 is 11.6 Å². The van der Waals surface area contributed by atoms with Gasteiger partial charge in [-0.3, -0.25) is 0 Å². The van der Waals surface area contributed by atoms with Crippen molar-refractivity contribution in [3.8, 4) is 16.9 Å². The van der Waals surface area contributed by atoms with Gasteiger partial charge in [-0.2, -0.15) is 31.4 Å². The van der Waals surface area contributed by atoms with E-state index in [0.717, 1.165) is 31.0 Å². The summed E-state index contributed by atoms with van der Waals surface area (Å²) in [4.78, 5) is 0. The molecule has 0 saturated carbocycles. The van der Waals surface area contributed by atoms with Crippen LogP contribution in [-0.2, 0) is 18.8 Å². The summed E-state index contributed by atoms with van der Waals surface area (Å²) in [7, 11) is 0. The Kier molecular flexibility index (Phi) is 5.41. The molecule has 0 radical (unpaired) electrons. The molecule has 0 spiro atoms. The van der Waals surface area contributed by atoms with E-state index in [0.29, 0.717) is 35.6 Å². The Morgan fingerprint density at radius 3 is 2.26 bits per heavy atom. The topological polar surface area (TPSA) is 29.9 Å². The van der Waals surface area contributed by atoms with Crippen LogP contribution in [0.4, 0.5) is 32.2 Å². The van der Waals surface area contributed by atoms with Crippen LogP contribution in [-0.4, -0.2) is 16.3 Å². The number of nitrogens with one attached hydrogen (secondary N) is 1. The number of hydrogen-bond donors (Lipinski definition) is 1. The maximum absolute atomic E-state index is 13.7. The number of anilines is 1. The number of aromatic nitrogens is 2. The summed E-state index contributed by atoms with van der Waals surface area (Å²) in [5.41, 5.74) is -0.552. The minimum Gasteiger partial charge on any atom is -0.370 e. The Morgan fingerprint density at radius 2 is 1.61 bits per heavy atom. The van der Waals surface area contributed by atoms with E-state index >= 15 is 0 Å². The lowest BCUT2D eigenvalue weighted by atomic mass is 10.0. The van der Waals surface area contributed by atoms with Gasteiger partial charge < -0.3 is 5.32 Å². The first kappa shape index (κ1) is 21.5. The van der Waals surface area contributed by atoms with Crippen molar-refractivity contribution in [2.24, 2.45) is 0 Å². The summed E-state index contributed by atoms with van der Waals surface area (Å²) in [5.74, 6) is 0.403. The smallest absolute Gasteiger partial charge is 0.370 e. The molecule has 2 aromatic carbocycles. The van der Waals surface area contributed by atoms with Gasteiger partial charge in [-0.25, -0.2) is 4.68 Å². The average Bonchev–Trinajstić information content (AvgIpc) is 2.88. The second kappa shape index (κ2) is 7.78. The number of halogens is 7. The molecular weight excluding hydrogens is 444 g/mol. The van der Waals surface area contributed by atoms with Crippen LogP contribution in [0.3, 0.4) is 0 Å². The van der Waals surface area contributed by atoms with E-state index in [9.17, 15) is 26.3 Å². The fourth-order valence-electron chi connectivity index (χ4n) is 3.65. The number of benzene rings is 2.